The van der Waals surface area contributed by atoms with Crippen molar-refractivity contribution in [2.24, 2.45) is 0 Å². The van der Waals surface area contributed by atoms with Crippen LogP contribution in [0.5, 0.6) is 0 Å². The Morgan fingerprint density at radius 2 is 1.39 bits per heavy atom. The molecule has 3 aromatic heterocycles. The summed E-state index contributed by atoms with van der Waals surface area (Å²) in [6, 6.07) is 19.3. The van der Waals surface area contributed by atoms with E-state index in [2.05, 4.69) is 25.4 Å². The van der Waals surface area contributed by atoms with Crippen molar-refractivity contribution in [3.05, 3.63) is 73.1 Å². The van der Waals surface area contributed by atoms with Gasteiger partial charge in [-0.1, -0.05) is 24.3 Å². The van der Waals surface area contributed by atoms with Gasteiger partial charge in [0.2, 0.25) is 5.82 Å². The molecule has 0 N–H and O–H groups in total. The number of hydrogen-bond donors (Lipinski definition) is 0. The van der Waals surface area contributed by atoms with Crippen molar-refractivity contribution in [1.29, 1.82) is 0 Å². The van der Waals surface area contributed by atoms with Gasteiger partial charge in [0.15, 0.2) is 0 Å². The fraction of sp³-hybridized carbons (Fsp3) is 0. The van der Waals surface area contributed by atoms with Crippen molar-refractivity contribution in [3.8, 4) is 28.5 Å². The van der Waals surface area contributed by atoms with E-state index in [-0.39, 0.29) is 0 Å². The lowest BCUT2D eigenvalue weighted by atomic mass is 10.1. The summed E-state index contributed by atoms with van der Waals surface area (Å²) in [4.78, 5) is 10.1. The van der Waals surface area contributed by atoms with Crippen LogP contribution in [-0.2, 0) is 0 Å². The maximum atomic E-state index is 4.37. The molecule has 0 fully saturated rings. The molecule has 0 amide bonds. The molecule has 4 rings (SSSR count). The van der Waals surface area contributed by atoms with Crippen molar-refractivity contribution in [1.82, 2.24) is 30.2 Å². The van der Waals surface area contributed by atoms with Crippen LogP contribution < -0.4 is 0 Å². The molecular formula is C17H12N6. The highest BCUT2D eigenvalue weighted by Gasteiger charge is 2.08. The van der Waals surface area contributed by atoms with E-state index in [1.54, 1.807) is 12.4 Å². The molecule has 0 saturated carbocycles. The van der Waals surface area contributed by atoms with Crippen LogP contribution in [0.25, 0.3) is 28.5 Å². The summed E-state index contributed by atoms with van der Waals surface area (Å²) in [5, 5.41) is 12.5. The van der Waals surface area contributed by atoms with Gasteiger partial charge in [-0.25, -0.2) is 0 Å². The van der Waals surface area contributed by atoms with Crippen LogP contribution in [0.15, 0.2) is 73.1 Å². The summed E-state index contributed by atoms with van der Waals surface area (Å²) in [5.74, 6) is 0.499. The quantitative estimate of drug-likeness (QED) is 0.582. The van der Waals surface area contributed by atoms with Gasteiger partial charge in [-0.15, -0.1) is 15.0 Å². The summed E-state index contributed by atoms with van der Waals surface area (Å²) in [5.41, 5.74) is 3.50. The molecule has 6 nitrogen and oxygen atoms in total. The lowest BCUT2D eigenvalue weighted by molar-refractivity contribution is 0.720. The van der Waals surface area contributed by atoms with Crippen molar-refractivity contribution < 1.29 is 0 Å². The van der Waals surface area contributed by atoms with Crippen LogP contribution in [0, 0.1) is 0 Å². The Morgan fingerprint density at radius 3 is 2.04 bits per heavy atom. The second-order valence-electron chi connectivity index (χ2n) is 4.88. The summed E-state index contributed by atoms with van der Waals surface area (Å²) in [6.07, 6.45) is 3.49. The molecule has 3 heterocycles. The third-order valence-corrected chi connectivity index (χ3v) is 3.37. The predicted molar refractivity (Wildman–Crippen MR) is 85.6 cm³/mol. The van der Waals surface area contributed by atoms with E-state index in [0.717, 1.165) is 16.9 Å². The van der Waals surface area contributed by atoms with Crippen molar-refractivity contribution in [2.45, 2.75) is 0 Å². The van der Waals surface area contributed by atoms with Gasteiger partial charge < -0.3 is 0 Å². The molecule has 0 saturated heterocycles. The van der Waals surface area contributed by atoms with Crippen molar-refractivity contribution in [3.63, 3.8) is 0 Å². The zero-order valence-electron chi connectivity index (χ0n) is 12.1. The van der Waals surface area contributed by atoms with Crippen LogP contribution in [0.2, 0.25) is 0 Å². The molecule has 0 radical (unpaired) electrons. The molecule has 1 aromatic carbocycles. The smallest absolute Gasteiger partial charge is 0.223 e. The molecule has 0 spiro atoms. The van der Waals surface area contributed by atoms with E-state index in [4.69, 9.17) is 0 Å². The van der Waals surface area contributed by atoms with E-state index in [9.17, 15) is 0 Å². The largest absolute Gasteiger partial charge is 0.256 e. The Kier molecular flexibility index (Phi) is 3.32. The number of tetrazole rings is 1. The SMILES string of the molecule is c1ccc(-c2ccc(-n3nnc(-c4ccccn4)n3)cc2)nc1. The molecule has 0 bridgehead atoms. The summed E-state index contributed by atoms with van der Waals surface area (Å²) in [7, 11) is 0. The first kappa shape index (κ1) is 13.3. The first-order valence-electron chi connectivity index (χ1n) is 7.13. The van der Waals surface area contributed by atoms with Crippen LogP contribution in [-0.4, -0.2) is 30.2 Å². The average Bonchev–Trinajstić information content (AvgIpc) is 3.14. The summed E-state index contributed by atoms with van der Waals surface area (Å²) >= 11 is 0. The lowest BCUT2D eigenvalue weighted by Gasteiger charge is -2.02. The monoisotopic (exact) mass is 300 g/mol. The van der Waals surface area contributed by atoms with Gasteiger partial charge >= 0.3 is 0 Å². The van der Waals surface area contributed by atoms with Crippen LogP contribution in [0.4, 0.5) is 0 Å². The maximum absolute atomic E-state index is 4.37. The molecule has 6 heteroatoms. The normalized spacial score (nSPS) is 10.6. The van der Waals surface area contributed by atoms with E-state index < -0.39 is 0 Å². The molecule has 0 aliphatic heterocycles. The molecular weight excluding hydrogens is 288 g/mol. The van der Waals surface area contributed by atoms with Crippen LogP contribution in [0.1, 0.15) is 0 Å². The van der Waals surface area contributed by atoms with Gasteiger partial charge in [0, 0.05) is 18.0 Å². The fourth-order valence-corrected chi connectivity index (χ4v) is 2.22. The topological polar surface area (TPSA) is 69.4 Å². The third-order valence-electron chi connectivity index (χ3n) is 3.37. The number of rotatable bonds is 3. The molecule has 0 aliphatic carbocycles. The number of pyridine rings is 2. The minimum absolute atomic E-state index is 0.499. The van der Waals surface area contributed by atoms with Crippen molar-refractivity contribution >= 4 is 0 Å². The Hall–Kier alpha value is -3.41. The van der Waals surface area contributed by atoms with Gasteiger partial charge in [0.25, 0.3) is 0 Å². The Bertz CT molecular complexity index is 901. The zero-order chi connectivity index (χ0) is 15.5. The van der Waals surface area contributed by atoms with Gasteiger partial charge in [-0.2, -0.15) is 0 Å². The molecule has 0 aliphatic rings. The Balaban J connectivity index is 1.63. The van der Waals surface area contributed by atoms with Gasteiger partial charge in [-0.05, 0) is 41.6 Å². The number of nitrogens with zero attached hydrogens (tertiary/aromatic N) is 6. The molecule has 0 unspecified atom stereocenters. The van der Waals surface area contributed by atoms with E-state index in [0.29, 0.717) is 11.5 Å². The maximum Gasteiger partial charge on any atom is 0.223 e. The van der Waals surface area contributed by atoms with E-state index in [1.807, 2.05) is 60.7 Å². The van der Waals surface area contributed by atoms with E-state index >= 15 is 0 Å². The van der Waals surface area contributed by atoms with Crippen LogP contribution in [0.3, 0.4) is 0 Å². The Morgan fingerprint density at radius 1 is 0.696 bits per heavy atom. The highest BCUT2D eigenvalue weighted by molar-refractivity contribution is 5.60. The first-order valence-corrected chi connectivity index (χ1v) is 7.13. The van der Waals surface area contributed by atoms with Crippen molar-refractivity contribution in [2.75, 3.05) is 0 Å². The lowest BCUT2D eigenvalue weighted by Crippen LogP contribution is -1.99. The fourth-order valence-electron chi connectivity index (χ4n) is 2.22. The Labute approximate surface area is 132 Å². The minimum Gasteiger partial charge on any atom is -0.256 e. The standard InChI is InChI=1S/C17H12N6/c1-3-11-18-15(5-1)13-7-9-14(10-8-13)23-21-17(20-22-23)16-6-2-4-12-19-16/h1-12H. The number of hydrogen-bond acceptors (Lipinski definition) is 5. The van der Waals surface area contributed by atoms with Gasteiger partial charge in [0.1, 0.15) is 5.69 Å². The van der Waals surface area contributed by atoms with Gasteiger partial charge in [-0.3, -0.25) is 9.97 Å². The first-order chi connectivity index (χ1) is 11.4. The molecule has 110 valence electrons. The highest BCUT2D eigenvalue weighted by Crippen LogP contribution is 2.18. The van der Waals surface area contributed by atoms with E-state index in [1.165, 1.54) is 4.80 Å². The summed E-state index contributed by atoms with van der Waals surface area (Å²) in [6.45, 7) is 0. The number of benzene rings is 1. The summed E-state index contributed by atoms with van der Waals surface area (Å²) < 4.78 is 0. The minimum atomic E-state index is 0.499. The van der Waals surface area contributed by atoms with Crippen LogP contribution >= 0.6 is 0 Å². The second-order valence-corrected chi connectivity index (χ2v) is 4.88. The molecule has 4 aromatic rings. The molecule has 0 atom stereocenters. The average molecular weight is 300 g/mol. The number of aromatic nitrogens is 6. The zero-order valence-corrected chi connectivity index (χ0v) is 12.1. The second kappa shape index (κ2) is 5.76. The predicted octanol–water partition coefficient (Wildman–Crippen LogP) is 2.79. The van der Waals surface area contributed by atoms with Gasteiger partial charge in [0.05, 0.1) is 11.4 Å². The third kappa shape index (κ3) is 2.69. The highest BCUT2D eigenvalue weighted by atomic mass is 15.6. The molecule has 23 heavy (non-hydrogen) atoms.